The number of benzene rings is 1. The van der Waals surface area contributed by atoms with Gasteiger partial charge in [-0.3, -0.25) is 0 Å². The van der Waals surface area contributed by atoms with E-state index in [0.29, 0.717) is 6.04 Å². The Labute approximate surface area is 110 Å². The van der Waals surface area contributed by atoms with E-state index in [1.807, 2.05) is 6.07 Å². The molecule has 2 nitrogen and oxygen atoms in total. The van der Waals surface area contributed by atoms with Crippen molar-refractivity contribution in [3.63, 3.8) is 0 Å². The van der Waals surface area contributed by atoms with Gasteiger partial charge in [0.25, 0.3) is 0 Å². The van der Waals surface area contributed by atoms with Crippen LogP contribution in [0, 0.1) is 0 Å². The highest BCUT2D eigenvalue weighted by atomic mass is 16.5. The Hall–Kier alpha value is -1.28. The fraction of sp³-hybridized carbons (Fsp3) is 0.500. The molecule has 1 atom stereocenters. The van der Waals surface area contributed by atoms with Crippen LogP contribution in [0.5, 0.6) is 5.75 Å². The SMILES string of the molecule is CC(C)Oc1cccc(CNC2CC=CCC2)c1. The third kappa shape index (κ3) is 4.19. The highest BCUT2D eigenvalue weighted by molar-refractivity contribution is 5.28. The van der Waals surface area contributed by atoms with Gasteiger partial charge in [0.15, 0.2) is 0 Å². The van der Waals surface area contributed by atoms with Crippen LogP contribution in [0.25, 0.3) is 0 Å². The summed E-state index contributed by atoms with van der Waals surface area (Å²) in [7, 11) is 0. The minimum absolute atomic E-state index is 0.233. The quantitative estimate of drug-likeness (QED) is 0.799. The lowest BCUT2D eigenvalue weighted by atomic mass is 10.0. The van der Waals surface area contributed by atoms with Gasteiger partial charge in [0.2, 0.25) is 0 Å². The first kappa shape index (κ1) is 13.2. The van der Waals surface area contributed by atoms with E-state index in [4.69, 9.17) is 4.74 Å². The Balaban J connectivity index is 1.86. The second-order valence-corrected chi connectivity index (χ2v) is 5.18. The summed E-state index contributed by atoms with van der Waals surface area (Å²) in [5.74, 6) is 0.966. The van der Waals surface area contributed by atoms with E-state index < -0.39 is 0 Å². The van der Waals surface area contributed by atoms with Gasteiger partial charge in [0.1, 0.15) is 5.75 Å². The van der Waals surface area contributed by atoms with Gasteiger partial charge in [-0.05, 0) is 50.8 Å². The molecular formula is C16H23NO. The maximum Gasteiger partial charge on any atom is 0.120 e. The fourth-order valence-electron chi connectivity index (χ4n) is 2.24. The van der Waals surface area contributed by atoms with E-state index in [9.17, 15) is 0 Å². The van der Waals surface area contributed by atoms with Crippen molar-refractivity contribution in [2.45, 2.75) is 51.8 Å². The van der Waals surface area contributed by atoms with E-state index >= 15 is 0 Å². The molecule has 0 fully saturated rings. The van der Waals surface area contributed by atoms with Crippen molar-refractivity contribution in [2.24, 2.45) is 0 Å². The monoisotopic (exact) mass is 245 g/mol. The summed E-state index contributed by atoms with van der Waals surface area (Å²) in [6.07, 6.45) is 8.39. The molecule has 98 valence electrons. The molecule has 1 aliphatic carbocycles. The van der Waals surface area contributed by atoms with Gasteiger partial charge in [-0.15, -0.1) is 0 Å². The van der Waals surface area contributed by atoms with Crippen molar-refractivity contribution < 1.29 is 4.74 Å². The van der Waals surface area contributed by atoms with Gasteiger partial charge in [-0.1, -0.05) is 24.3 Å². The van der Waals surface area contributed by atoms with E-state index in [-0.39, 0.29) is 6.10 Å². The van der Waals surface area contributed by atoms with Gasteiger partial charge in [-0.25, -0.2) is 0 Å². The zero-order valence-corrected chi connectivity index (χ0v) is 11.4. The molecule has 0 radical (unpaired) electrons. The number of rotatable bonds is 5. The molecule has 1 aromatic rings. The Kier molecular flexibility index (Phi) is 4.82. The molecule has 2 rings (SSSR count). The zero-order valence-electron chi connectivity index (χ0n) is 11.4. The molecule has 0 aliphatic heterocycles. The van der Waals surface area contributed by atoms with Crippen LogP contribution >= 0.6 is 0 Å². The van der Waals surface area contributed by atoms with Crippen molar-refractivity contribution >= 4 is 0 Å². The maximum atomic E-state index is 5.71. The lowest BCUT2D eigenvalue weighted by Crippen LogP contribution is -2.29. The smallest absolute Gasteiger partial charge is 0.120 e. The first-order chi connectivity index (χ1) is 8.74. The molecule has 0 saturated heterocycles. The van der Waals surface area contributed by atoms with Crippen molar-refractivity contribution in [3.05, 3.63) is 42.0 Å². The standard InChI is InChI=1S/C16H23NO/c1-13(2)18-16-10-6-7-14(11-16)12-17-15-8-4-3-5-9-15/h3-4,6-7,10-11,13,15,17H,5,8-9,12H2,1-2H3. The lowest BCUT2D eigenvalue weighted by molar-refractivity contribution is 0.242. The normalized spacial score (nSPS) is 19.2. The Morgan fingerprint density at radius 2 is 2.22 bits per heavy atom. The minimum atomic E-state index is 0.233. The van der Waals surface area contributed by atoms with Gasteiger partial charge >= 0.3 is 0 Å². The highest BCUT2D eigenvalue weighted by Gasteiger charge is 2.08. The Morgan fingerprint density at radius 3 is 2.94 bits per heavy atom. The zero-order chi connectivity index (χ0) is 12.8. The van der Waals surface area contributed by atoms with Crippen LogP contribution in [-0.4, -0.2) is 12.1 Å². The van der Waals surface area contributed by atoms with Crippen LogP contribution < -0.4 is 10.1 Å². The van der Waals surface area contributed by atoms with Gasteiger partial charge in [-0.2, -0.15) is 0 Å². The summed E-state index contributed by atoms with van der Waals surface area (Å²) in [6, 6.07) is 9.00. The summed E-state index contributed by atoms with van der Waals surface area (Å²) in [4.78, 5) is 0. The molecule has 0 spiro atoms. The average Bonchev–Trinajstić information content (AvgIpc) is 2.37. The first-order valence-corrected chi connectivity index (χ1v) is 6.88. The van der Waals surface area contributed by atoms with Gasteiger partial charge < -0.3 is 10.1 Å². The van der Waals surface area contributed by atoms with E-state index in [2.05, 4.69) is 49.5 Å². The first-order valence-electron chi connectivity index (χ1n) is 6.88. The van der Waals surface area contributed by atoms with Crippen LogP contribution in [0.4, 0.5) is 0 Å². The van der Waals surface area contributed by atoms with Crippen LogP contribution in [0.2, 0.25) is 0 Å². The van der Waals surface area contributed by atoms with Crippen molar-refractivity contribution in [3.8, 4) is 5.75 Å². The third-order valence-electron chi connectivity index (χ3n) is 3.13. The molecule has 0 aromatic heterocycles. The molecule has 0 heterocycles. The average molecular weight is 245 g/mol. The molecule has 1 aromatic carbocycles. The molecule has 0 saturated carbocycles. The largest absolute Gasteiger partial charge is 0.491 e. The molecule has 18 heavy (non-hydrogen) atoms. The number of hydrogen-bond acceptors (Lipinski definition) is 2. The molecule has 1 unspecified atom stereocenters. The Bertz CT molecular complexity index is 398. The maximum absolute atomic E-state index is 5.71. The highest BCUT2D eigenvalue weighted by Crippen LogP contribution is 2.16. The van der Waals surface area contributed by atoms with Crippen LogP contribution in [0.15, 0.2) is 36.4 Å². The topological polar surface area (TPSA) is 21.3 Å². The van der Waals surface area contributed by atoms with E-state index in [0.717, 1.165) is 18.7 Å². The third-order valence-corrected chi connectivity index (χ3v) is 3.13. The molecule has 1 N–H and O–H groups in total. The summed E-state index contributed by atoms with van der Waals surface area (Å²) in [5, 5.41) is 3.61. The van der Waals surface area contributed by atoms with E-state index in [1.54, 1.807) is 0 Å². The predicted octanol–water partition coefficient (Wildman–Crippen LogP) is 3.67. The van der Waals surface area contributed by atoms with Crippen molar-refractivity contribution in [2.75, 3.05) is 0 Å². The van der Waals surface area contributed by atoms with E-state index in [1.165, 1.54) is 18.4 Å². The molecule has 2 heteroatoms. The minimum Gasteiger partial charge on any atom is -0.491 e. The van der Waals surface area contributed by atoms with Crippen molar-refractivity contribution in [1.82, 2.24) is 5.32 Å². The summed E-state index contributed by atoms with van der Waals surface area (Å²) >= 11 is 0. The van der Waals surface area contributed by atoms with Crippen LogP contribution in [0.3, 0.4) is 0 Å². The second-order valence-electron chi connectivity index (χ2n) is 5.18. The second kappa shape index (κ2) is 6.60. The molecular weight excluding hydrogens is 222 g/mol. The lowest BCUT2D eigenvalue weighted by Gasteiger charge is -2.19. The molecule has 0 bridgehead atoms. The van der Waals surface area contributed by atoms with Gasteiger partial charge in [0, 0.05) is 12.6 Å². The fourth-order valence-corrected chi connectivity index (χ4v) is 2.24. The van der Waals surface area contributed by atoms with Crippen LogP contribution in [0.1, 0.15) is 38.7 Å². The summed E-state index contributed by atoms with van der Waals surface area (Å²) in [5.41, 5.74) is 1.29. The molecule has 1 aliphatic rings. The predicted molar refractivity (Wildman–Crippen MR) is 75.8 cm³/mol. The number of ether oxygens (including phenoxy) is 1. The molecule has 0 amide bonds. The summed E-state index contributed by atoms with van der Waals surface area (Å²) < 4.78 is 5.71. The van der Waals surface area contributed by atoms with Crippen molar-refractivity contribution in [1.29, 1.82) is 0 Å². The van der Waals surface area contributed by atoms with Gasteiger partial charge in [0.05, 0.1) is 6.10 Å². The van der Waals surface area contributed by atoms with Crippen LogP contribution in [-0.2, 0) is 6.54 Å². The summed E-state index contributed by atoms with van der Waals surface area (Å²) in [6.45, 7) is 5.03. The number of nitrogens with one attached hydrogen (secondary N) is 1. The number of hydrogen-bond donors (Lipinski definition) is 1. The number of allylic oxidation sites excluding steroid dienone is 1. The Morgan fingerprint density at radius 1 is 1.33 bits per heavy atom.